The summed E-state index contributed by atoms with van der Waals surface area (Å²) in [5.41, 5.74) is 1.03. The van der Waals surface area contributed by atoms with Gasteiger partial charge in [-0.3, -0.25) is 4.79 Å². The van der Waals surface area contributed by atoms with Crippen molar-refractivity contribution >= 4 is 28.2 Å². The molecular formula is C16H19NO4S. The maximum Gasteiger partial charge on any atom is 0.345 e. The molecular weight excluding hydrogens is 302 g/mol. The van der Waals surface area contributed by atoms with Crippen molar-refractivity contribution in [3.8, 4) is 0 Å². The van der Waals surface area contributed by atoms with Crippen LogP contribution >= 0.6 is 11.3 Å². The van der Waals surface area contributed by atoms with Crippen molar-refractivity contribution in [3.05, 3.63) is 40.2 Å². The van der Waals surface area contributed by atoms with Crippen LogP contribution in [-0.2, 0) is 0 Å². The number of carboxylic acid groups (broad SMARTS) is 1. The molecule has 0 aromatic carbocycles. The van der Waals surface area contributed by atoms with E-state index in [1.807, 2.05) is 13.8 Å². The van der Waals surface area contributed by atoms with Crippen molar-refractivity contribution in [3.63, 3.8) is 0 Å². The first-order chi connectivity index (χ1) is 10.3. The SMILES string of the molecule is CC(C)c1cc(C(=O)Nc2ccc(C(=O)O)s2)oc1C(C)C. The van der Waals surface area contributed by atoms with Crippen LogP contribution in [-0.4, -0.2) is 17.0 Å². The van der Waals surface area contributed by atoms with Gasteiger partial charge < -0.3 is 14.8 Å². The molecule has 0 unspecified atom stereocenters. The van der Waals surface area contributed by atoms with Gasteiger partial charge in [0, 0.05) is 5.92 Å². The van der Waals surface area contributed by atoms with Crippen LogP contribution in [0.15, 0.2) is 22.6 Å². The summed E-state index contributed by atoms with van der Waals surface area (Å²) >= 11 is 1.01. The Hall–Kier alpha value is -2.08. The number of furan rings is 1. The lowest BCUT2D eigenvalue weighted by Gasteiger charge is -2.07. The summed E-state index contributed by atoms with van der Waals surface area (Å²) in [5.74, 6) is 0.151. The average Bonchev–Trinajstić information content (AvgIpc) is 3.04. The lowest BCUT2D eigenvalue weighted by atomic mass is 9.98. The molecule has 2 heterocycles. The standard InChI is InChI=1S/C16H19NO4S/c1-8(2)10-7-11(21-14(10)9(3)4)15(18)17-13-6-5-12(22-13)16(19)20/h5-9H,1-4H3,(H,17,18)(H,19,20). The fraction of sp³-hybridized carbons (Fsp3) is 0.375. The summed E-state index contributed by atoms with van der Waals surface area (Å²) in [6.45, 7) is 8.14. The van der Waals surface area contributed by atoms with Gasteiger partial charge in [0.2, 0.25) is 0 Å². The van der Waals surface area contributed by atoms with Crippen LogP contribution in [0.1, 0.15) is 71.1 Å². The zero-order valence-corrected chi connectivity index (χ0v) is 13.8. The molecule has 2 aromatic rings. The molecule has 2 rings (SSSR count). The Morgan fingerprint density at radius 2 is 1.86 bits per heavy atom. The van der Waals surface area contributed by atoms with Gasteiger partial charge >= 0.3 is 5.97 Å². The van der Waals surface area contributed by atoms with E-state index in [4.69, 9.17) is 9.52 Å². The van der Waals surface area contributed by atoms with Gasteiger partial charge in [-0.05, 0) is 29.7 Å². The lowest BCUT2D eigenvalue weighted by Crippen LogP contribution is -2.09. The number of rotatable bonds is 5. The Kier molecular flexibility index (Phi) is 4.71. The molecule has 0 aliphatic heterocycles. The van der Waals surface area contributed by atoms with Crippen LogP contribution < -0.4 is 5.32 Å². The quantitative estimate of drug-likeness (QED) is 0.847. The molecule has 0 bridgehead atoms. The van der Waals surface area contributed by atoms with E-state index in [1.165, 1.54) is 6.07 Å². The predicted octanol–water partition coefficient (Wildman–Crippen LogP) is 4.54. The smallest absolute Gasteiger partial charge is 0.345 e. The summed E-state index contributed by atoms with van der Waals surface area (Å²) < 4.78 is 5.70. The molecule has 0 aliphatic carbocycles. The molecule has 1 amide bonds. The molecule has 0 aliphatic rings. The minimum atomic E-state index is -1.01. The predicted molar refractivity (Wildman–Crippen MR) is 86.1 cm³/mol. The van der Waals surface area contributed by atoms with Crippen LogP contribution in [0.3, 0.4) is 0 Å². The minimum Gasteiger partial charge on any atom is -0.477 e. The number of aromatic carboxylic acids is 1. The molecule has 0 atom stereocenters. The lowest BCUT2D eigenvalue weighted by molar-refractivity contribution is 0.0702. The van der Waals surface area contributed by atoms with Gasteiger partial charge in [0.1, 0.15) is 10.6 Å². The van der Waals surface area contributed by atoms with Crippen molar-refractivity contribution in [1.82, 2.24) is 0 Å². The number of hydrogen-bond donors (Lipinski definition) is 2. The Labute approximate surface area is 133 Å². The molecule has 0 fully saturated rings. The summed E-state index contributed by atoms with van der Waals surface area (Å²) in [4.78, 5) is 23.3. The molecule has 2 N–H and O–H groups in total. The number of nitrogens with one attached hydrogen (secondary N) is 1. The Balaban J connectivity index is 2.22. The first-order valence-electron chi connectivity index (χ1n) is 7.07. The van der Waals surface area contributed by atoms with E-state index in [2.05, 4.69) is 19.2 Å². The summed E-state index contributed by atoms with van der Waals surface area (Å²) in [5, 5.41) is 12.0. The van der Waals surface area contributed by atoms with E-state index < -0.39 is 5.97 Å². The van der Waals surface area contributed by atoms with Gasteiger partial charge in [0.05, 0.1) is 5.00 Å². The first-order valence-corrected chi connectivity index (χ1v) is 7.89. The van der Waals surface area contributed by atoms with Crippen LogP contribution in [0.5, 0.6) is 0 Å². The number of hydrogen-bond acceptors (Lipinski definition) is 4. The van der Waals surface area contributed by atoms with Gasteiger partial charge in [0.25, 0.3) is 5.91 Å². The van der Waals surface area contributed by atoms with Gasteiger partial charge in [-0.15, -0.1) is 11.3 Å². The summed E-state index contributed by atoms with van der Waals surface area (Å²) in [6, 6.07) is 4.80. The second kappa shape index (κ2) is 6.36. The molecule has 2 aromatic heterocycles. The monoisotopic (exact) mass is 321 g/mol. The van der Waals surface area contributed by atoms with Gasteiger partial charge in [-0.25, -0.2) is 4.79 Å². The molecule has 0 spiro atoms. The van der Waals surface area contributed by atoms with Gasteiger partial charge in [-0.2, -0.15) is 0 Å². The van der Waals surface area contributed by atoms with E-state index >= 15 is 0 Å². The topological polar surface area (TPSA) is 79.5 Å². The van der Waals surface area contributed by atoms with Crippen LogP contribution in [0, 0.1) is 0 Å². The number of anilines is 1. The highest BCUT2D eigenvalue weighted by molar-refractivity contribution is 7.18. The van der Waals surface area contributed by atoms with E-state index in [9.17, 15) is 9.59 Å². The molecule has 6 heteroatoms. The number of carbonyl (C=O) groups excluding carboxylic acids is 1. The average molecular weight is 321 g/mol. The normalized spacial score (nSPS) is 11.2. The highest BCUT2D eigenvalue weighted by Crippen LogP contribution is 2.30. The molecule has 0 saturated carbocycles. The van der Waals surface area contributed by atoms with Crippen molar-refractivity contribution < 1.29 is 19.1 Å². The molecule has 0 saturated heterocycles. The van der Waals surface area contributed by atoms with Crippen molar-refractivity contribution in [2.45, 2.75) is 39.5 Å². The fourth-order valence-corrected chi connectivity index (χ4v) is 2.87. The van der Waals surface area contributed by atoms with Crippen LogP contribution in [0.2, 0.25) is 0 Å². The third kappa shape index (κ3) is 3.39. The molecule has 22 heavy (non-hydrogen) atoms. The molecule has 118 valence electrons. The maximum atomic E-state index is 12.3. The zero-order chi connectivity index (χ0) is 16.4. The number of carboxylic acids is 1. The molecule has 5 nitrogen and oxygen atoms in total. The van der Waals surface area contributed by atoms with Crippen molar-refractivity contribution in [1.29, 1.82) is 0 Å². The largest absolute Gasteiger partial charge is 0.477 e. The van der Waals surface area contributed by atoms with E-state index in [0.29, 0.717) is 5.00 Å². The number of amides is 1. The van der Waals surface area contributed by atoms with Gasteiger partial charge in [-0.1, -0.05) is 27.7 Å². The second-order valence-electron chi connectivity index (χ2n) is 5.66. The van der Waals surface area contributed by atoms with E-state index in [-0.39, 0.29) is 28.4 Å². The maximum absolute atomic E-state index is 12.3. The van der Waals surface area contributed by atoms with E-state index in [1.54, 1.807) is 12.1 Å². The molecule has 0 radical (unpaired) electrons. The number of thiophene rings is 1. The van der Waals surface area contributed by atoms with Crippen molar-refractivity contribution in [2.24, 2.45) is 0 Å². The second-order valence-corrected chi connectivity index (χ2v) is 6.75. The Morgan fingerprint density at radius 1 is 1.18 bits per heavy atom. The van der Waals surface area contributed by atoms with Crippen molar-refractivity contribution in [2.75, 3.05) is 5.32 Å². The highest BCUT2D eigenvalue weighted by Gasteiger charge is 2.21. The fourth-order valence-electron chi connectivity index (χ4n) is 2.13. The van der Waals surface area contributed by atoms with Gasteiger partial charge in [0.15, 0.2) is 5.76 Å². The minimum absolute atomic E-state index is 0.181. The Bertz CT molecular complexity index is 671. The summed E-state index contributed by atoms with van der Waals surface area (Å²) in [7, 11) is 0. The highest BCUT2D eigenvalue weighted by atomic mass is 32.1. The summed E-state index contributed by atoms with van der Waals surface area (Å²) in [6.07, 6.45) is 0. The van der Waals surface area contributed by atoms with E-state index in [0.717, 1.165) is 22.7 Å². The third-order valence-electron chi connectivity index (χ3n) is 3.21. The first kappa shape index (κ1) is 16.3. The Morgan fingerprint density at radius 3 is 2.32 bits per heavy atom. The van der Waals surface area contributed by atoms with Crippen LogP contribution in [0.4, 0.5) is 5.00 Å². The third-order valence-corrected chi connectivity index (χ3v) is 4.20. The number of carbonyl (C=O) groups is 2. The zero-order valence-electron chi connectivity index (χ0n) is 13.0. The van der Waals surface area contributed by atoms with Crippen LogP contribution in [0.25, 0.3) is 0 Å².